The quantitative estimate of drug-likeness (QED) is 0.909. The van der Waals surface area contributed by atoms with Gasteiger partial charge in [-0.05, 0) is 43.2 Å². The standard InChI is InChI=1S/C16H22F2O2/c1-15(2)7-9-16(20-3,10-8-15)14(19)13-11(17)5-4-6-12(13)18/h4-6,14,19H,7-10H2,1-3H3. The van der Waals surface area contributed by atoms with Gasteiger partial charge in [-0.2, -0.15) is 0 Å². The molecule has 0 amide bonds. The number of aliphatic hydroxyl groups is 1. The van der Waals surface area contributed by atoms with Crippen LogP contribution >= 0.6 is 0 Å². The molecule has 0 spiro atoms. The number of methoxy groups -OCH3 is 1. The first-order valence-electron chi connectivity index (χ1n) is 6.98. The van der Waals surface area contributed by atoms with Gasteiger partial charge in [-0.15, -0.1) is 0 Å². The van der Waals surface area contributed by atoms with Crippen LogP contribution in [0.1, 0.15) is 51.2 Å². The molecule has 0 radical (unpaired) electrons. The molecule has 4 heteroatoms. The maximum absolute atomic E-state index is 13.9. The first-order valence-corrected chi connectivity index (χ1v) is 6.98. The molecular weight excluding hydrogens is 262 g/mol. The lowest BCUT2D eigenvalue weighted by Gasteiger charge is -2.45. The molecule has 1 saturated carbocycles. The van der Waals surface area contributed by atoms with Gasteiger partial charge in [-0.1, -0.05) is 19.9 Å². The number of halogens is 2. The Kier molecular flexibility index (Phi) is 4.17. The van der Waals surface area contributed by atoms with Crippen molar-refractivity contribution in [3.8, 4) is 0 Å². The van der Waals surface area contributed by atoms with Crippen molar-refractivity contribution in [3.05, 3.63) is 35.4 Å². The van der Waals surface area contributed by atoms with Crippen LogP contribution in [0.3, 0.4) is 0 Å². The second-order valence-electron chi connectivity index (χ2n) is 6.47. The van der Waals surface area contributed by atoms with E-state index >= 15 is 0 Å². The number of rotatable bonds is 3. The SMILES string of the molecule is COC1(C(O)c2c(F)cccc2F)CCC(C)(C)CC1. The molecule has 1 unspecified atom stereocenters. The van der Waals surface area contributed by atoms with Gasteiger partial charge in [0, 0.05) is 7.11 Å². The van der Waals surface area contributed by atoms with E-state index in [9.17, 15) is 13.9 Å². The Morgan fingerprint density at radius 1 is 1.10 bits per heavy atom. The first kappa shape index (κ1) is 15.4. The molecule has 2 nitrogen and oxygen atoms in total. The van der Waals surface area contributed by atoms with Gasteiger partial charge in [0.05, 0.1) is 11.2 Å². The van der Waals surface area contributed by atoms with E-state index in [0.29, 0.717) is 12.8 Å². The summed E-state index contributed by atoms with van der Waals surface area (Å²) >= 11 is 0. The van der Waals surface area contributed by atoms with Gasteiger partial charge < -0.3 is 9.84 Å². The summed E-state index contributed by atoms with van der Waals surface area (Å²) in [5.74, 6) is -1.45. The lowest BCUT2D eigenvalue weighted by atomic mass is 9.68. The topological polar surface area (TPSA) is 29.5 Å². The second kappa shape index (κ2) is 5.41. The van der Waals surface area contributed by atoms with Gasteiger partial charge in [0.1, 0.15) is 17.7 Å². The fourth-order valence-electron chi connectivity index (χ4n) is 2.97. The summed E-state index contributed by atoms with van der Waals surface area (Å²) in [6.07, 6.45) is 1.60. The van der Waals surface area contributed by atoms with Crippen LogP contribution < -0.4 is 0 Å². The Labute approximate surface area is 118 Å². The van der Waals surface area contributed by atoms with Crippen molar-refractivity contribution in [1.82, 2.24) is 0 Å². The Balaban J connectivity index is 2.33. The molecule has 1 aromatic rings. The second-order valence-corrected chi connectivity index (χ2v) is 6.47. The number of hydrogen-bond donors (Lipinski definition) is 1. The van der Waals surface area contributed by atoms with Crippen molar-refractivity contribution < 1.29 is 18.6 Å². The van der Waals surface area contributed by atoms with E-state index in [1.807, 2.05) is 0 Å². The summed E-state index contributed by atoms with van der Waals surface area (Å²) < 4.78 is 33.2. The summed E-state index contributed by atoms with van der Waals surface area (Å²) in [7, 11) is 1.50. The van der Waals surface area contributed by atoms with Crippen LogP contribution in [0.15, 0.2) is 18.2 Å². The van der Waals surface area contributed by atoms with E-state index < -0.39 is 23.3 Å². The van der Waals surface area contributed by atoms with Gasteiger partial charge in [-0.25, -0.2) is 8.78 Å². The fourth-order valence-corrected chi connectivity index (χ4v) is 2.97. The highest BCUT2D eigenvalue weighted by molar-refractivity contribution is 5.25. The van der Waals surface area contributed by atoms with Gasteiger partial charge in [0.25, 0.3) is 0 Å². The van der Waals surface area contributed by atoms with Crippen LogP contribution in [0.5, 0.6) is 0 Å². The van der Waals surface area contributed by atoms with Crippen LogP contribution in [0.4, 0.5) is 8.78 Å². The van der Waals surface area contributed by atoms with E-state index in [1.54, 1.807) is 0 Å². The minimum atomic E-state index is -1.29. The molecule has 2 rings (SSSR count). The monoisotopic (exact) mass is 284 g/mol. The molecule has 1 aliphatic rings. The minimum Gasteiger partial charge on any atom is -0.385 e. The molecular formula is C16H22F2O2. The molecule has 0 aliphatic heterocycles. The molecule has 20 heavy (non-hydrogen) atoms. The summed E-state index contributed by atoms with van der Waals surface area (Å²) in [6.45, 7) is 4.31. The largest absolute Gasteiger partial charge is 0.385 e. The number of hydrogen-bond acceptors (Lipinski definition) is 2. The molecule has 1 aliphatic carbocycles. The average molecular weight is 284 g/mol. The predicted octanol–water partition coefficient (Wildman–Crippen LogP) is 3.98. The maximum Gasteiger partial charge on any atom is 0.132 e. The molecule has 0 heterocycles. The van der Waals surface area contributed by atoms with Crippen molar-refractivity contribution in [2.24, 2.45) is 5.41 Å². The van der Waals surface area contributed by atoms with E-state index in [1.165, 1.54) is 13.2 Å². The highest BCUT2D eigenvalue weighted by Crippen LogP contribution is 2.47. The lowest BCUT2D eigenvalue weighted by Crippen LogP contribution is -2.44. The molecule has 1 aromatic carbocycles. The molecule has 1 fully saturated rings. The Hall–Kier alpha value is -1.00. The summed E-state index contributed by atoms with van der Waals surface area (Å²) in [5, 5.41) is 10.5. The molecule has 0 bridgehead atoms. The smallest absolute Gasteiger partial charge is 0.132 e. The third kappa shape index (κ3) is 2.72. The van der Waals surface area contributed by atoms with Crippen molar-refractivity contribution in [2.75, 3.05) is 7.11 Å². The van der Waals surface area contributed by atoms with Crippen LogP contribution in [0, 0.1) is 17.0 Å². The van der Waals surface area contributed by atoms with Gasteiger partial charge in [-0.3, -0.25) is 0 Å². The Morgan fingerprint density at radius 2 is 1.60 bits per heavy atom. The van der Waals surface area contributed by atoms with Gasteiger partial charge in [0.2, 0.25) is 0 Å². The van der Waals surface area contributed by atoms with Crippen molar-refractivity contribution in [2.45, 2.75) is 51.2 Å². The van der Waals surface area contributed by atoms with E-state index in [0.717, 1.165) is 25.0 Å². The highest BCUT2D eigenvalue weighted by Gasteiger charge is 2.45. The molecule has 0 aromatic heterocycles. The minimum absolute atomic E-state index is 0.176. The third-order valence-electron chi connectivity index (χ3n) is 4.63. The molecule has 1 N–H and O–H groups in total. The van der Waals surface area contributed by atoms with E-state index in [2.05, 4.69) is 13.8 Å². The van der Waals surface area contributed by atoms with Crippen LogP contribution in [0.25, 0.3) is 0 Å². The summed E-state index contributed by atoms with van der Waals surface area (Å²) in [5.41, 5.74) is -1.01. The summed E-state index contributed by atoms with van der Waals surface area (Å²) in [6, 6.07) is 3.62. The number of benzene rings is 1. The molecule has 1 atom stereocenters. The third-order valence-corrected chi connectivity index (χ3v) is 4.63. The maximum atomic E-state index is 13.9. The molecule has 112 valence electrons. The number of ether oxygens (including phenoxy) is 1. The molecule has 0 saturated heterocycles. The zero-order valence-electron chi connectivity index (χ0n) is 12.2. The predicted molar refractivity (Wildman–Crippen MR) is 73.3 cm³/mol. The summed E-state index contributed by atoms with van der Waals surface area (Å²) in [4.78, 5) is 0. The fraction of sp³-hybridized carbons (Fsp3) is 0.625. The lowest BCUT2D eigenvalue weighted by molar-refractivity contribution is -0.140. The van der Waals surface area contributed by atoms with Crippen molar-refractivity contribution in [3.63, 3.8) is 0 Å². The van der Waals surface area contributed by atoms with Crippen molar-refractivity contribution in [1.29, 1.82) is 0 Å². The highest BCUT2D eigenvalue weighted by atomic mass is 19.1. The van der Waals surface area contributed by atoms with Gasteiger partial charge >= 0.3 is 0 Å². The normalized spacial score (nSPS) is 22.5. The Bertz CT molecular complexity index is 455. The van der Waals surface area contributed by atoms with Crippen LogP contribution in [-0.4, -0.2) is 17.8 Å². The van der Waals surface area contributed by atoms with Crippen LogP contribution in [0.2, 0.25) is 0 Å². The number of aliphatic hydroxyl groups excluding tert-OH is 1. The Morgan fingerprint density at radius 3 is 2.05 bits per heavy atom. The van der Waals surface area contributed by atoms with Crippen molar-refractivity contribution >= 4 is 0 Å². The van der Waals surface area contributed by atoms with Gasteiger partial charge in [0.15, 0.2) is 0 Å². The average Bonchev–Trinajstić information content (AvgIpc) is 2.39. The van der Waals surface area contributed by atoms with E-state index in [-0.39, 0.29) is 11.0 Å². The van der Waals surface area contributed by atoms with E-state index in [4.69, 9.17) is 4.74 Å². The zero-order chi connectivity index (χ0) is 15.0. The van der Waals surface area contributed by atoms with Crippen LogP contribution in [-0.2, 0) is 4.74 Å². The zero-order valence-corrected chi connectivity index (χ0v) is 12.2. The first-order chi connectivity index (χ1) is 9.31.